The molecule has 1 heterocycles. The van der Waals surface area contributed by atoms with Crippen molar-refractivity contribution in [3.8, 4) is 10.4 Å². The van der Waals surface area contributed by atoms with Crippen molar-refractivity contribution < 1.29 is 0 Å². The highest BCUT2D eigenvalue weighted by molar-refractivity contribution is 7.15. The van der Waals surface area contributed by atoms with Gasteiger partial charge in [0.15, 0.2) is 0 Å². The van der Waals surface area contributed by atoms with Crippen molar-refractivity contribution in [1.29, 1.82) is 0 Å². The largest absolute Gasteiger partial charge is 0.141 e. The van der Waals surface area contributed by atoms with E-state index in [4.69, 9.17) is 0 Å². The van der Waals surface area contributed by atoms with Gasteiger partial charge in [-0.3, -0.25) is 0 Å². The van der Waals surface area contributed by atoms with Crippen LogP contribution in [0.25, 0.3) is 10.4 Å². The van der Waals surface area contributed by atoms with Crippen molar-refractivity contribution in [2.24, 2.45) is 0 Å². The average molecular weight is 202 g/mol. The van der Waals surface area contributed by atoms with Crippen molar-refractivity contribution in [3.63, 3.8) is 0 Å². The first kappa shape index (κ1) is 9.47. The third-order valence-electron chi connectivity index (χ3n) is 2.36. The standard InChI is InChI=1S/C13H14S/c1-3-11-5-4-6-12(9-11)13-8-7-10(2)14-13/h4-9H,3H2,1-2H3. The Kier molecular flexibility index (Phi) is 2.69. The van der Waals surface area contributed by atoms with E-state index in [9.17, 15) is 0 Å². The molecule has 2 rings (SSSR count). The Morgan fingerprint density at radius 1 is 1.14 bits per heavy atom. The number of aryl methyl sites for hydroxylation is 2. The van der Waals surface area contributed by atoms with Gasteiger partial charge in [-0.1, -0.05) is 31.2 Å². The van der Waals surface area contributed by atoms with E-state index in [1.807, 2.05) is 11.3 Å². The van der Waals surface area contributed by atoms with Gasteiger partial charge in [0.2, 0.25) is 0 Å². The van der Waals surface area contributed by atoms with Gasteiger partial charge in [-0.25, -0.2) is 0 Å². The molecule has 0 aliphatic rings. The summed E-state index contributed by atoms with van der Waals surface area (Å²) in [7, 11) is 0. The summed E-state index contributed by atoms with van der Waals surface area (Å²) < 4.78 is 0. The lowest BCUT2D eigenvalue weighted by atomic mass is 10.1. The first-order valence-electron chi connectivity index (χ1n) is 4.95. The van der Waals surface area contributed by atoms with Crippen LogP contribution in [0, 0.1) is 6.92 Å². The van der Waals surface area contributed by atoms with E-state index < -0.39 is 0 Å². The SMILES string of the molecule is CCc1cccc(-c2ccc(C)s2)c1. The zero-order chi connectivity index (χ0) is 9.97. The van der Waals surface area contributed by atoms with Gasteiger partial charge in [-0.2, -0.15) is 0 Å². The van der Waals surface area contributed by atoms with Gasteiger partial charge in [0.05, 0.1) is 0 Å². The lowest BCUT2D eigenvalue weighted by Crippen LogP contribution is -1.79. The minimum absolute atomic E-state index is 1.11. The summed E-state index contributed by atoms with van der Waals surface area (Å²) in [4.78, 5) is 2.75. The van der Waals surface area contributed by atoms with Crippen LogP contribution in [0.3, 0.4) is 0 Å². The van der Waals surface area contributed by atoms with E-state index >= 15 is 0 Å². The molecule has 0 amide bonds. The van der Waals surface area contributed by atoms with Crippen molar-refractivity contribution in [3.05, 3.63) is 46.8 Å². The molecule has 0 atom stereocenters. The molecule has 0 bridgehead atoms. The van der Waals surface area contributed by atoms with Crippen LogP contribution in [0.1, 0.15) is 17.4 Å². The van der Waals surface area contributed by atoms with E-state index in [1.165, 1.54) is 20.9 Å². The van der Waals surface area contributed by atoms with E-state index in [0.717, 1.165) is 6.42 Å². The van der Waals surface area contributed by atoms with Crippen LogP contribution >= 0.6 is 11.3 Å². The molecule has 0 unspecified atom stereocenters. The van der Waals surface area contributed by atoms with Gasteiger partial charge < -0.3 is 0 Å². The van der Waals surface area contributed by atoms with Crippen LogP contribution in [0.4, 0.5) is 0 Å². The smallest absolute Gasteiger partial charge is 0.0345 e. The summed E-state index contributed by atoms with van der Waals surface area (Å²) in [5.74, 6) is 0. The number of benzene rings is 1. The molecular formula is C13H14S. The van der Waals surface area contributed by atoms with Crippen molar-refractivity contribution in [2.45, 2.75) is 20.3 Å². The third-order valence-corrected chi connectivity index (χ3v) is 3.41. The summed E-state index contributed by atoms with van der Waals surface area (Å²) in [6.45, 7) is 4.34. The van der Waals surface area contributed by atoms with Gasteiger partial charge in [0, 0.05) is 9.75 Å². The quantitative estimate of drug-likeness (QED) is 0.681. The Bertz CT molecular complexity index is 426. The Morgan fingerprint density at radius 3 is 2.64 bits per heavy atom. The second-order valence-electron chi connectivity index (χ2n) is 3.46. The summed E-state index contributed by atoms with van der Waals surface area (Å²) in [5, 5.41) is 0. The zero-order valence-electron chi connectivity index (χ0n) is 8.58. The Hall–Kier alpha value is -1.08. The van der Waals surface area contributed by atoms with Crippen LogP contribution < -0.4 is 0 Å². The molecule has 1 aromatic heterocycles. The number of hydrogen-bond donors (Lipinski definition) is 0. The van der Waals surface area contributed by atoms with Gasteiger partial charge in [-0.15, -0.1) is 11.3 Å². The average Bonchev–Trinajstić information content (AvgIpc) is 2.65. The molecule has 0 spiro atoms. The maximum atomic E-state index is 2.28. The molecule has 1 heteroatoms. The second kappa shape index (κ2) is 3.97. The molecule has 0 aliphatic carbocycles. The Labute approximate surface area is 89.2 Å². The Balaban J connectivity index is 2.41. The predicted molar refractivity (Wildman–Crippen MR) is 63.9 cm³/mol. The van der Waals surface area contributed by atoms with E-state index in [1.54, 1.807) is 0 Å². The minimum atomic E-state index is 1.11. The lowest BCUT2D eigenvalue weighted by molar-refractivity contribution is 1.14. The van der Waals surface area contributed by atoms with Gasteiger partial charge in [0.25, 0.3) is 0 Å². The van der Waals surface area contributed by atoms with Crippen molar-refractivity contribution in [1.82, 2.24) is 0 Å². The number of rotatable bonds is 2. The monoisotopic (exact) mass is 202 g/mol. The fraction of sp³-hybridized carbons (Fsp3) is 0.231. The van der Waals surface area contributed by atoms with Crippen LogP contribution in [-0.2, 0) is 6.42 Å². The summed E-state index contributed by atoms with van der Waals surface area (Å²) in [6.07, 6.45) is 1.11. The summed E-state index contributed by atoms with van der Waals surface area (Å²) >= 11 is 1.86. The maximum Gasteiger partial charge on any atom is 0.0345 e. The summed E-state index contributed by atoms with van der Waals surface area (Å²) in [6, 6.07) is 13.2. The normalized spacial score (nSPS) is 10.4. The predicted octanol–water partition coefficient (Wildman–Crippen LogP) is 4.29. The molecule has 2 aromatic rings. The second-order valence-corrected chi connectivity index (χ2v) is 4.75. The van der Waals surface area contributed by atoms with Crippen molar-refractivity contribution in [2.75, 3.05) is 0 Å². The third kappa shape index (κ3) is 1.88. The van der Waals surface area contributed by atoms with E-state index in [-0.39, 0.29) is 0 Å². The van der Waals surface area contributed by atoms with E-state index in [0.29, 0.717) is 0 Å². The Morgan fingerprint density at radius 2 is 2.00 bits per heavy atom. The van der Waals surface area contributed by atoms with Crippen LogP contribution in [0.15, 0.2) is 36.4 Å². The maximum absolute atomic E-state index is 2.28. The molecular weight excluding hydrogens is 188 g/mol. The van der Waals surface area contributed by atoms with Gasteiger partial charge in [0.1, 0.15) is 0 Å². The number of hydrogen-bond acceptors (Lipinski definition) is 1. The molecule has 0 aliphatic heterocycles. The fourth-order valence-corrected chi connectivity index (χ4v) is 2.40. The first-order valence-corrected chi connectivity index (χ1v) is 5.77. The first-order chi connectivity index (χ1) is 6.79. The molecule has 1 aromatic carbocycles. The van der Waals surface area contributed by atoms with Gasteiger partial charge >= 0.3 is 0 Å². The molecule has 14 heavy (non-hydrogen) atoms. The lowest BCUT2D eigenvalue weighted by Gasteiger charge is -2.00. The fourth-order valence-electron chi connectivity index (χ4n) is 1.53. The molecule has 72 valence electrons. The van der Waals surface area contributed by atoms with Gasteiger partial charge in [-0.05, 0) is 36.6 Å². The highest BCUT2D eigenvalue weighted by Gasteiger charge is 2.00. The number of thiophene rings is 1. The molecule has 0 saturated heterocycles. The molecule has 0 radical (unpaired) electrons. The van der Waals surface area contributed by atoms with Crippen molar-refractivity contribution >= 4 is 11.3 Å². The topological polar surface area (TPSA) is 0 Å². The van der Waals surface area contributed by atoms with Crippen LogP contribution in [-0.4, -0.2) is 0 Å². The van der Waals surface area contributed by atoms with Crippen LogP contribution in [0.2, 0.25) is 0 Å². The van der Waals surface area contributed by atoms with E-state index in [2.05, 4.69) is 50.2 Å². The molecule has 0 fully saturated rings. The highest BCUT2D eigenvalue weighted by Crippen LogP contribution is 2.28. The van der Waals surface area contributed by atoms with Crippen LogP contribution in [0.5, 0.6) is 0 Å². The zero-order valence-corrected chi connectivity index (χ0v) is 9.40. The highest BCUT2D eigenvalue weighted by atomic mass is 32.1. The minimum Gasteiger partial charge on any atom is -0.141 e. The molecule has 0 saturated carbocycles. The molecule has 0 N–H and O–H groups in total. The summed E-state index contributed by atoms with van der Waals surface area (Å²) in [5.41, 5.74) is 2.76. The molecule has 0 nitrogen and oxygen atoms in total.